The molecule has 0 unspecified atom stereocenters. The predicted octanol–water partition coefficient (Wildman–Crippen LogP) is -0.513. The molecule has 0 aromatic carbocycles. The van der Waals surface area contributed by atoms with Crippen molar-refractivity contribution in [2.24, 2.45) is 0 Å². The summed E-state index contributed by atoms with van der Waals surface area (Å²) < 4.78 is 5.28. The van der Waals surface area contributed by atoms with Gasteiger partial charge in [0.25, 0.3) is 5.91 Å². The predicted molar refractivity (Wildman–Crippen MR) is 77.8 cm³/mol. The van der Waals surface area contributed by atoms with Gasteiger partial charge in [-0.05, 0) is 6.07 Å². The van der Waals surface area contributed by atoms with E-state index in [1.54, 1.807) is 12.3 Å². The Morgan fingerprint density at radius 3 is 3.05 bits per heavy atom. The van der Waals surface area contributed by atoms with Gasteiger partial charge in [-0.15, -0.1) is 0 Å². The molecule has 1 aliphatic heterocycles. The number of aromatic nitrogens is 1. The molecule has 1 saturated heterocycles. The molecule has 1 fully saturated rings. The maximum absolute atomic E-state index is 12.2. The first-order chi connectivity index (χ1) is 10.3. The zero-order chi connectivity index (χ0) is 14.9. The lowest BCUT2D eigenvalue weighted by Crippen LogP contribution is -2.41. The molecule has 1 aromatic rings. The molecule has 0 aliphatic carbocycles. The number of carbonyl (C=O) groups is 1. The van der Waals surface area contributed by atoms with E-state index in [0.717, 1.165) is 32.8 Å². The summed E-state index contributed by atoms with van der Waals surface area (Å²) in [5.74, 6) is 5.09. The number of morpholine rings is 1. The highest BCUT2D eigenvalue weighted by molar-refractivity contribution is 5.96. The van der Waals surface area contributed by atoms with Crippen molar-refractivity contribution in [3.63, 3.8) is 0 Å². The Morgan fingerprint density at radius 2 is 2.29 bits per heavy atom. The molecule has 6 heteroatoms. The zero-order valence-electron chi connectivity index (χ0n) is 11.8. The lowest BCUT2D eigenvalue weighted by Gasteiger charge is -2.26. The summed E-state index contributed by atoms with van der Waals surface area (Å²) in [6, 6.07) is 1.63. The van der Waals surface area contributed by atoms with Gasteiger partial charge >= 0.3 is 0 Å². The average Bonchev–Trinajstić information content (AvgIpc) is 2.54. The van der Waals surface area contributed by atoms with Crippen LogP contribution in [0.4, 0.5) is 0 Å². The van der Waals surface area contributed by atoms with E-state index in [-0.39, 0.29) is 12.5 Å². The summed E-state index contributed by atoms with van der Waals surface area (Å²) in [4.78, 5) is 18.4. The second kappa shape index (κ2) is 8.37. The molecule has 1 aromatic heterocycles. The molecule has 0 bridgehead atoms. The highest BCUT2D eigenvalue weighted by Crippen LogP contribution is 2.05. The standard InChI is InChI=1S/C15H19N3O3/c19-9-1-2-13-12-16-4-3-14(13)15(20)17-5-6-18-7-10-21-11-8-18/h3-4,12,19H,5-11H2,(H,17,20). The van der Waals surface area contributed by atoms with Crippen LogP contribution < -0.4 is 5.32 Å². The molecule has 2 heterocycles. The van der Waals surface area contributed by atoms with E-state index < -0.39 is 0 Å². The summed E-state index contributed by atoms with van der Waals surface area (Å²) in [6.07, 6.45) is 3.08. The van der Waals surface area contributed by atoms with Crippen LogP contribution in [0.5, 0.6) is 0 Å². The van der Waals surface area contributed by atoms with Crippen molar-refractivity contribution in [2.75, 3.05) is 46.0 Å². The molecular weight excluding hydrogens is 270 g/mol. The van der Waals surface area contributed by atoms with Crippen LogP contribution in [0.3, 0.4) is 0 Å². The summed E-state index contributed by atoms with van der Waals surface area (Å²) in [7, 11) is 0. The van der Waals surface area contributed by atoms with Crippen molar-refractivity contribution in [1.29, 1.82) is 0 Å². The first kappa shape index (κ1) is 15.4. The second-order valence-electron chi connectivity index (χ2n) is 4.59. The van der Waals surface area contributed by atoms with Crippen LogP contribution >= 0.6 is 0 Å². The van der Waals surface area contributed by atoms with Crippen LogP contribution in [0.1, 0.15) is 15.9 Å². The van der Waals surface area contributed by atoms with Crippen molar-refractivity contribution in [2.45, 2.75) is 0 Å². The largest absolute Gasteiger partial charge is 0.384 e. The Balaban J connectivity index is 1.88. The first-order valence-electron chi connectivity index (χ1n) is 6.93. The summed E-state index contributed by atoms with van der Waals surface area (Å²) in [6.45, 7) is 4.44. The van der Waals surface area contributed by atoms with Crippen LogP contribution in [-0.4, -0.2) is 66.9 Å². The summed E-state index contributed by atoms with van der Waals surface area (Å²) in [5.41, 5.74) is 1.00. The molecule has 21 heavy (non-hydrogen) atoms. The molecule has 0 radical (unpaired) electrons. The number of aliphatic hydroxyl groups is 1. The normalized spacial score (nSPS) is 15.1. The Hall–Kier alpha value is -1.94. The Bertz CT molecular complexity index is 530. The summed E-state index contributed by atoms with van der Waals surface area (Å²) >= 11 is 0. The Kier molecular flexibility index (Phi) is 6.16. The van der Waals surface area contributed by atoms with Crippen LogP contribution in [0, 0.1) is 11.8 Å². The third-order valence-electron chi connectivity index (χ3n) is 3.19. The fourth-order valence-corrected chi connectivity index (χ4v) is 2.07. The van der Waals surface area contributed by atoms with Crippen LogP contribution in [0.25, 0.3) is 0 Å². The van der Waals surface area contributed by atoms with Gasteiger partial charge in [-0.3, -0.25) is 14.7 Å². The molecule has 0 atom stereocenters. The smallest absolute Gasteiger partial charge is 0.252 e. The van der Waals surface area contributed by atoms with E-state index in [2.05, 4.69) is 27.0 Å². The van der Waals surface area contributed by atoms with Gasteiger partial charge < -0.3 is 15.2 Å². The molecule has 1 aliphatic rings. The molecule has 0 spiro atoms. The maximum atomic E-state index is 12.2. The van der Waals surface area contributed by atoms with Gasteiger partial charge in [0, 0.05) is 38.6 Å². The topological polar surface area (TPSA) is 74.7 Å². The minimum Gasteiger partial charge on any atom is -0.384 e. The number of ether oxygens (including phenoxy) is 1. The van der Waals surface area contributed by atoms with Gasteiger partial charge in [-0.2, -0.15) is 0 Å². The van der Waals surface area contributed by atoms with E-state index >= 15 is 0 Å². The number of aliphatic hydroxyl groups excluding tert-OH is 1. The fourth-order valence-electron chi connectivity index (χ4n) is 2.07. The van der Waals surface area contributed by atoms with Crippen molar-refractivity contribution in [3.8, 4) is 11.8 Å². The quantitative estimate of drug-likeness (QED) is 0.730. The van der Waals surface area contributed by atoms with Gasteiger partial charge in [0.15, 0.2) is 0 Å². The highest BCUT2D eigenvalue weighted by atomic mass is 16.5. The minimum absolute atomic E-state index is 0.173. The van der Waals surface area contributed by atoms with Gasteiger partial charge in [0.05, 0.1) is 24.3 Å². The number of hydrogen-bond acceptors (Lipinski definition) is 5. The first-order valence-corrected chi connectivity index (χ1v) is 6.93. The van der Waals surface area contributed by atoms with Crippen LogP contribution in [0.15, 0.2) is 18.5 Å². The Labute approximate surface area is 124 Å². The number of rotatable bonds is 4. The second-order valence-corrected chi connectivity index (χ2v) is 4.59. The number of carbonyl (C=O) groups excluding carboxylic acids is 1. The van der Waals surface area contributed by atoms with E-state index in [1.807, 2.05) is 0 Å². The molecule has 112 valence electrons. The van der Waals surface area contributed by atoms with Crippen molar-refractivity contribution >= 4 is 5.91 Å². The van der Waals surface area contributed by atoms with Gasteiger partial charge in [-0.1, -0.05) is 11.8 Å². The molecular formula is C15H19N3O3. The monoisotopic (exact) mass is 289 g/mol. The SMILES string of the molecule is O=C(NCCN1CCOCC1)c1ccncc1C#CCO. The number of hydrogen-bond donors (Lipinski definition) is 2. The van der Waals surface area contributed by atoms with E-state index in [4.69, 9.17) is 9.84 Å². The van der Waals surface area contributed by atoms with Crippen molar-refractivity contribution < 1.29 is 14.6 Å². The molecule has 2 rings (SSSR count). The molecule has 1 amide bonds. The zero-order valence-corrected chi connectivity index (χ0v) is 11.8. The lowest BCUT2D eigenvalue weighted by atomic mass is 10.1. The van der Waals surface area contributed by atoms with E-state index in [1.165, 1.54) is 6.20 Å². The third kappa shape index (κ3) is 4.83. The van der Waals surface area contributed by atoms with Crippen LogP contribution in [-0.2, 0) is 4.74 Å². The molecule has 0 saturated carbocycles. The van der Waals surface area contributed by atoms with Crippen LogP contribution in [0.2, 0.25) is 0 Å². The number of amides is 1. The number of pyridine rings is 1. The maximum Gasteiger partial charge on any atom is 0.252 e. The lowest BCUT2D eigenvalue weighted by molar-refractivity contribution is 0.0383. The molecule has 2 N–H and O–H groups in total. The van der Waals surface area contributed by atoms with Gasteiger partial charge in [-0.25, -0.2) is 0 Å². The average molecular weight is 289 g/mol. The van der Waals surface area contributed by atoms with Gasteiger partial charge in [0.1, 0.15) is 6.61 Å². The van der Waals surface area contributed by atoms with Gasteiger partial charge in [0.2, 0.25) is 0 Å². The van der Waals surface area contributed by atoms with Crippen molar-refractivity contribution in [3.05, 3.63) is 29.6 Å². The van der Waals surface area contributed by atoms with Crippen molar-refractivity contribution in [1.82, 2.24) is 15.2 Å². The summed E-state index contributed by atoms with van der Waals surface area (Å²) in [5, 5.41) is 11.6. The number of nitrogens with zero attached hydrogens (tertiary/aromatic N) is 2. The number of nitrogens with one attached hydrogen (secondary N) is 1. The van der Waals surface area contributed by atoms with E-state index in [0.29, 0.717) is 17.7 Å². The van der Waals surface area contributed by atoms with E-state index in [9.17, 15) is 4.79 Å². The third-order valence-corrected chi connectivity index (χ3v) is 3.19. The Morgan fingerprint density at radius 1 is 1.48 bits per heavy atom. The fraction of sp³-hybridized carbons (Fsp3) is 0.467. The minimum atomic E-state index is -0.243. The molecule has 6 nitrogen and oxygen atoms in total. The highest BCUT2D eigenvalue weighted by Gasteiger charge is 2.12.